The van der Waals surface area contributed by atoms with Gasteiger partial charge in [0.25, 0.3) is 5.91 Å². The van der Waals surface area contributed by atoms with E-state index in [9.17, 15) is 4.79 Å². The molecule has 0 aliphatic carbocycles. The summed E-state index contributed by atoms with van der Waals surface area (Å²) in [4.78, 5) is 23.6. The summed E-state index contributed by atoms with van der Waals surface area (Å²) in [6.45, 7) is 4.60. The quantitative estimate of drug-likeness (QED) is 0.564. The molecule has 2 aliphatic heterocycles. The third-order valence-electron chi connectivity index (χ3n) is 6.72. The van der Waals surface area contributed by atoms with E-state index in [1.165, 1.54) is 41.3 Å². The van der Waals surface area contributed by atoms with E-state index in [1.807, 2.05) is 17.2 Å². The lowest BCUT2D eigenvalue weighted by Crippen LogP contribution is -2.41. The van der Waals surface area contributed by atoms with E-state index < -0.39 is 0 Å². The average molecular weight is 450 g/mol. The van der Waals surface area contributed by atoms with E-state index in [0.29, 0.717) is 32.3 Å². The lowest BCUT2D eigenvalue weighted by Gasteiger charge is -2.31. The van der Waals surface area contributed by atoms with Gasteiger partial charge in [0.05, 0.1) is 23.8 Å². The number of amides is 1. The van der Waals surface area contributed by atoms with Crippen molar-refractivity contribution in [3.05, 3.63) is 64.8 Å². The number of thiophene rings is 1. The maximum absolute atomic E-state index is 13.5. The highest BCUT2D eigenvalue weighted by Gasteiger charge is 2.28. The molecule has 2 saturated heterocycles. The predicted octanol–water partition coefficient (Wildman–Crippen LogP) is 4.76. The average Bonchev–Trinajstić information content (AvgIpc) is 3.06. The zero-order chi connectivity index (χ0) is 21.8. The first kappa shape index (κ1) is 21.6. The van der Waals surface area contributed by atoms with Crippen molar-refractivity contribution in [2.75, 3.05) is 32.8 Å². The summed E-state index contributed by atoms with van der Waals surface area (Å²) < 4.78 is 6.69. The third-order valence-corrected chi connectivity index (χ3v) is 7.92. The van der Waals surface area contributed by atoms with Crippen LogP contribution in [0.1, 0.15) is 46.6 Å². The highest BCUT2D eigenvalue weighted by molar-refractivity contribution is 7.21. The maximum atomic E-state index is 13.5. The third kappa shape index (κ3) is 4.72. The van der Waals surface area contributed by atoms with Gasteiger partial charge in [-0.25, -0.2) is 0 Å². The van der Waals surface area contributed by atoms with Gasteiger partial charge < -0.3 is 9.64 Å². The molecular formula is C26H31N3O2S. The molecule has 1 atom stereocenters. The Kier molecular flexibility index (Phi) is 6.81. The zero-order valence-electron chi connectivity index (χ0n) is 18.5. The van der Waals surface area contributed by atoms with Gasteiger partial charge in [-0.2, -0.15) is 0 Å². The molecular weight excluding hydrogens is 418 g/mol. The maximum Gasteiger partial charge on any atom is 0.264 e. The van der Waals surface area contributed by atoms with Crippen molar-refractivity contribution in [1.82, 2.24) is 14.8 Å². The molecule has 0 bridgehead atoms. The minimum Gasteiger partial charge on any atom is -0.378 e. The van der Waals surface area contributed by atoms with E-state index in [1.54, 1.807) is 11.3 Å². The number of likely N-dealkylation sites (tertiary alicyclic amines) is 1. The number of benzene rings is 1. The van der Waals surface area contributed by atoms with Gasteiger partial charge in [-0.15, -0.1) is 11.3 Å². The van der Waals surface area contributed by atoms with E-state index in [-0.39, 0.29) is 5.91 Å². The highest BCUT2D eigenvalue weighted by Crippen LogP contribution is 2.35. The highest BCUT2D eigenvalue weighted by atomic mass is 32.1. The Labute approximate surface area is 194 Å². The topological polar surface area (TPSA) is 45.7 Å². The summed E-state index contributed by atoms with van der Waals surface area (Å²) >= 11 is 1.66. The lowest BCUT2D eigenvalue weighted by molar-refractivity contribution is 0.0305. The number of carbonyl (C=O) groups is 1. The monoisotopic (exact) mass is 449 g/mol. The van der Waals surface area contributed by atoms with Gasteiger partial charge in [0.1, 0.15) is 0 Å². The lowest BCUT2D eigenvalue weighted by atomic mass is 9.97. The molecule has 0 N–H and O–H groups in total. The van der Waals surface area contributed by atoms with Gasteiger partial charge in [-0.3, -0.25) is 14.7 Å². The van der Waals surface area contributed by atoms with Crippen LogP contribution in [-0.2, 0) is 17.7 Å². The number of rotatable bonds is 5. The molecule has 2 aliphatic rings. The van der Waals surface area contributed by atoms with Crippen molar-refractivity contribution < 1.29 is 9.53 Å². The number of hydrogen-bond acceptors (Lipinski definition) is 5. The van der Waals surface area contributed by atoms with Crippen molar-refractivity contribution in [2.24, 2.45) is 0 Å². The van der Waals surface area contributed by atoms with Crippen LogP contribution in [-0.4, -0.2) is 59.6 Å². The molecule has 0 spiro atoms. The van der Waals surface area contributed by atoms with E-state index in [2.05, 4.69) is 46.3 Å². The molecule has 5 rings (SSSR count). The van der Waals surface area contributed by atoms with E-state index in [4.69, 9.17) is 4.74 Å². The molecule has 2 aromatic heterocycles. The predicted molar refractivity (Wildman–Crippen MR) is 129 cm³/mol. The van der Waals surface area contributed by atoms with Gasteiger partial charge in [-0.1, -0.05) is 37.1 Å². The number of nitrogens with zero attached hydrogens (tertiary/aromatic N) is 3. The zero-order valence-corrected chi connectivity index (χ0v) is 19.4. The molecule has 2 fully saturated rings. The summed E-state index contributed by atoms with van der Waals surface area (Å²) in [6.07, 6.45) is 7.72. The Morgan fingerprint density at radius 1 is 1.03 bits per heavy atom. The number of carbonyl (C=O) groups excluding carboxylic acids is 1. The minimum atomic E-state index is 0.175. The Morgan fingerprint density at radius 2 is 1.88 bits per heavy atom. The van der Waals surface area contributed by atoms with Gasteiger partial charge in [0, 0.05) is 36.6 Å². The molecule has 3 aromatic rings. The van der Waals surface area contributed by atoms with Crippen LogP contribution >= 0.6 is 11.3 Å². The fraction of sp³-hybridized carbons (Fsp3) is 0.462. The van der Waals surface area contributed by atoms with Gasteiger partial charge in [-0.05, 0) is 55.0 Å². The number of hydrogen-bond donors (Lipinski definition) is 0. The number of ether oxygens (including phenoxy) is 1. The normalized spacial score (nSPS) is 20.4. The van der Waals surface area contributed by atoms with Crippen molar-refractivity contribution in [3.8, 4) is 0 Å². The fourth-order valence-corrected chi connectivity index (χ4v) is 6.20. The molecule has 1 aromatic carbocycles. The largest absolute Gasteiger partial charge is 0.378 e. The summed E-state index contributed by atoms with van der Waals surface area (Å²) in [5, 5.41) is 1.25. The van der Waals surface area contributed by atoms with Crippen molar-refractivity contribution in [1.29, 1.82) is 0 Å². The SMILES string of the molecule is O=C(c1sc2ccccc2c1C[C@@H]1CCCCCN1Cc1ccccn1)N1CCOCC1. The molecule has 6 heteroatoms. The Hall–Kier alpha value is -2.28. The van der Waals surface area contributed by atoms with Crippen LogP contribution in [0.4, 0.5) is 0 Å². The molecule has 0 saturated carbocycles. The van der Waals surface area contributed by atoms with Crippen molar-refractivity contribution in [3.63, 3.8) is 0 Å². The van der Waals surface area contributed by atoms with Crippen LogP contribution in [0.25, 0.3) is 10.1 Å². The van der Waals surface area contributed by atoms with Crippen molar-refractivity contribution in [2.45, 2.75) is 44.7 Å². The second-order valence-corrected chi connectivity index (χ2v) is 9.86. The first-order chi connectivity index (χ1) is 15.8. The summed E-state index contributed by atoms with van der Waals surface area (Å²) in [6, 6.07) is 15.1. The molecule has 0 radical (unpaired) electrons. The molecule has 4 heterocycles. The Morgan fingerprint density at radius 3 is 2.72 bits per heavy atom. The second kappa shape index (κ2) is 10.1. The second-order valence-electron chi connectivity index (χ2n) is 8.81. The number of morpholine rings is 1. The molecule has 0 unspecified atom stereocenters. The van der Waals surface area contributed by atoms with Crippen LogP contribution in [0.3, 0.4) is 0 Å². The Bertz CT molecular complexity index is 1050. The smallest absolute Gasteiger partial charge is 0.264 e. The number of aromatic nitrogens is 1. The summed E-state index contributed by atoms with van der Waals surface area (Å²) in [5.41, 5.74) is 2.36. The van der Waals surface area contributed by atoms with Crippen LogP contribution in [0.5, 0.6) is 0 Å². The minimum absolute atomic E-state index is 0.175. The fourth-order valence-electron chi connectivity index (χ4n) is 5.00. The Balaban J connectivity index is 1.46. The van der Waals surface area contributed by atoms with Gasteiger partial charge >= 0.3 is 0 Å². The molecule has 1 amide bonds. The van der Waals surface area contributed by atoms with E-state index >= 15 is 0 Å². The first-order valence-corrected chi connectivity index (χ1v) is 12.6. The van der Waals surface area contributed by atoms with Crippen LogP contribution in [0, 0.1) is 0 Å². The summed E-state index contributed by atoms with van der Waals surface area (Å²) in [5.74, 6) is 0.175. The molecule has 168 valence electrons. The first-order valence-electron chi connectivity index (χ1n) is 11.8. The number of pyridine rings is 1. The van der Waals surface area contributed by atoms with Crippen LogP contribution in [0.2, 0.25) is 0 Å². The summed E-state index contributed by atoms with van der Waals surface area (Å²) in [7, 11) is 0. The molecule has 5 nitrogen and oxygen atoms in total. The van der Waals surface area contributed by atoms with Crippen molar-refractivity contribution >= 4 is 27.3 Å². The number of fused-ring (bicyclic) bond motifs is 1. The van der Waals surface area contributed by atoms with Crippen LogP contribution in [0.15, 0.2) is 48.7 Å². The van der Waals surface area contributed by atoms with Crippen LogP contribution < -0.4 is 0 Å². The molecule has 32 heavy (non-hydrogen) atoms. The van der Waals surface area contributed by atoms with Gasteiger partial charge in [0.15, 0.2) is 0 Å². The van der Waals surface area contributed by atoms with E-state index in [0.717, 1.165) is 30.1 Å². The van der Waals surface area contributed by atoms with Gasteiger partial charge in [0.2, 0.25) is 0 Å². The standard InChI is InChI=1S/C26H31N3O2S/c30-26(28-14-16-31-17-15-28)25-23(22-10-3-4-11-24(22)32-25)18-21-9-2-1-7-13-29(21)19-20-8-5-6-12-27-20/h3-6,8,10-12,21H,1-2,7,9,13-19H2/t21-/m0/s1.